The average Bonchev–Trinajstić information content (AvgIpc) is 2.99. The predicted molar refractivity (Wildman–Crippen MR) is 159 cm³/mol. The first kappa shape index (κ1) is 28.2. The average molecular weight is 564 g/mol. The summed E-state index contributed by atoms with van der Waals surface area (Å²) in [6, 6.07) is 7.67. The molecule has 3 aliphatic heterocycles. The molecule has 212 valence electrons. The Bertz CT molecular complexity index is 1230. The van der Waals surface area contributed by atoms with Crippen molar-refractivity contribution in [1.82, 2.24) is 14.7 Å². The number of unbranched alkanes of at least 4 members (excludes halogenated alkanes) is 2. The third-order valence-corrected chi connectivity index (χ3v) is 8.30. The number of aliphatic imine (C=N–C) groups is 1. The highest BCUT2D eigenvalue weighted by molar-refractivity contribution is 7.80. The number of nitrogens with zero attached hydrogens (tertiary/aromatic N) is 5. The van der Waals surface area contributed by atoms with Crippen molar-refractivity contribution in [2.75, 3.05) is 63.9 Å². The third-order valence-electron chi connectivity index (χ3n) is 7.99. The number of carbonyl (C=O) groups is 3. The maximum absolute atomic E-state index is 13.3. The van der Waals surface area contributed by atoms with Crippen molar-refractivity contribution < 1.29 is 19.1 Å². The molecule has 1 aromatic carbocycles. The number of rotatable bonds is 9. The van der Waals surface area contributed by atoms with Gasteiger partial charge in [-0.1, -0.05) is 6.42 Å². The number of hydrogen-bond acceptors (Lipinski definition) is 7. The molecule has 0 aromatic heterocycles. The summed E-state index contributed by atoms with van der Waals surface area (Å²) in [5.74, 6) is -0.177. The number of benzene rings is 1. The predicted octanol–water partition coefficient (Wildman–Crippen LogP) is 3.07. The van der Waals surface area contributed by atoms with Gasteiger partial charge in [0.25, 0.3) is 0 Å². The number of ether oxygens (including phenoxy) is 1. The molecule has 2 amide bonds. The van der Waals surface area contributed by atoms with E-state index in [1.54, 1.807) is 11.8 Å². The van der Waals surface area contributed by atoms with Crippen molar-refractivity contribution in [3.8, 4) is 0 Å². The Balaban J connectivity index is 1.03. The zero-order valence-electron chi connectivity index (χ0n) is 23.1. The molecule has 0 radical (unpaired) electrons. The first-order valence-corrected chi connectivity index (χ1v) is 14.6. The molecule has 5 rings (SSSR count). The smallest absolute Gasteiger partial charge is 0.241 e. The molecule has 0 N–H and O–H groups in total. The SMILES string of the molecule is CC(=O)c1ccc(N2CCN(C(=O)CCCCCN3C(=O)C4C=C(N5CCOCC5)C=CC4=NC3=S)CC2)cc1. The van der Waals surface area contributed by atoms with Gasteiger partial charge in [-0.25, -0.2) is 4.99 Å². The van der Waals surface area contributed by atoms with Crippen LogP contribution in [0.1, 0.15) is 43.0 Å². The summed E-state index contributed by atoms with van der Waals surface area (Å²) in [6.45, 7) is 8.05. The van der Waals surface area contributed by atoms with Crippen LogP contribution in [-0.4, -0.2) is 102 Å². The van der Waals surface area contributed by atoms with Crippen molar-refractivity contribution in [3.63, 3.8) is 0 Å². The van der Waals surface area contributed by atoms with E-state index in [1.807, 2.05) is 47.4 Å². The third kappa shape index (κ3) is 6.50. The molecule has 2 saturated heterocycles. The van der Waals surface area contributed by atoms with Gasteiger partial charge in [-0.05, 0) is 74.5 Å². The number of piperazine rings is 1. The Morgan fingerprint density at radius 1 is 0.950 bits per heavy atom. The van der Waals surface area contributed by atoms with Gasteiger partial charge in [0.1, 0.15) is 5.92 Å². The van der Waals surface area contributed by atoms with Crippen LogP contribution in [0.25, 0.3) is 0 Å². The normalized spacial score (nSPS) is 21.3. The highest BCUT2D eigenvalue weighted by atomic mass is 32.1. The van der Waals surface area contributed by atoms with Crippen molar-refractivity contribution in [2.45, 2.75) is 32.6 Å². The van der Waals surface area contributed by atoms with Crippen LogP contribution in [0.5, 0.6) is 0 Å². The molecule has 1 aromatic rings. The Morgan fingerprint density at radius 3 is 2.38 bits per heavy atom. The molecule has 0 saturated carbocycles. The van der Waals surface area contributed by atoms with Gasteiger partial charge >= 0.3 is 0 Å². The molecule has 2 fully saturated rings. The maximum atomic E-state index is 13.3. The molecule has 40 heavy (non-hydrogen) atoms. The zero-order chi connectivity index (χ0) is 28.1. The van der Waals surface area contributed by atoms with E-state index in [0.29, 0.717) is 55.7 Å². The van der Waals surface area contributed by atoms with Crippen LogP contribution < -0.4 is 4.90 Å². The van der Waals surface area contributed by atoms with Gasteiger partial charge in [0.05, 0.1) is 18.9 Å². The Kier molecular flexibility index (Phi) is 9.06. The second kappa shape index (κ2) is 12.9. The number of allylic oxidation sites excluding steroid dienone is 2. The topological polar surface area (TPSA) is 85.8 Å². The summed E-state index contributed by atoms with van der Waals surface area (Å²) in [5.41, 5.74) is 3.54. The second-order valence-corrected chi connectivity index (χ2v) is 11.0. The zero-order valence-corrected chi connectivity index (χ0v) is 23.9. The molecule has 1 aliphatic carbocycles. The minimum absolute atomic E-state index is 0.0185. The molecule has 1 unspecified atom stereocenters. The maximum Gasteiger partial charge on any atom is 0.241 e. The summed E-state index contributed by atoms with van der Waals surface area (Å²) in [4.78, 5) is 50.2. The van der Waals surface area contributed by atoms with Crippen LogP contribution in [0.2, 0.25) is 0 Å². The molecular weight excluding hydrogens is 526 g/mol. The monoisotopic (exact) mass is 563 g/mol. The summed E-state index contributed by atoms with van der Waals surface area (Å²) in [5, 5.41) is 0.328. The molecule has 10 heteroatoms. The first-order chi connectivity index (χ1) is 19.4. The minimum atomic E-state index is -0.401. The van der Waals surface area contributed by atoms with Gasteiger partial charge < -0.3 is 19.4 Å². The van der Waals surface area contributed by atoms with Gasteiger partial charge in [-0.15, -0.1) is 0 Å². The van der Waals surface area contributed by atoms with Gasteiger partial charge in [0.15, 0.2) is 5.78 Å². The van der Waals surface area contributed by atoms with Crippen LogP contribution in [0.4, 0.5) is 5.69 Å². The van der Waals surface area contributed by atoms with Crippen LogP contribution in [-0.2, 0) is 14.3 Å². The quantitative estimate of drug-likeness (QED) is 0.259. The number of morpholine rings is 1. The van der Waals surface area contributed by atoms with Crippen molar-refractivity contribution >= 4 is 46.3 Å². The van der Waals surface area contributed by atoms with Crippen molar-refractivity contribution in [3.05, 3.63) is 53.8 Å². The Hall–Kier alpha value is -3.37. The Labute approximate surface area is 241 Å². The second-order valence-electron chi connectivity index (χ2n) is 10.6. The molecule has 4 aliphatic rings. The van der Waals surface area contributed by atoms with Gasteiger partial charge in [-0.2, -0.15) is 0 Å². The molecular formula is C30H37N5O4S. The fraction of sp³-hybridized carbons (Fsp3) is 0.500. The van der Waals surface area contributed by atoms with Crippen LogP contribution >= 0.6 is 12.2 Å². The van der Waals surface area contributed by atoms with Gasteiger partial charge in [0.2, 0.25) is 16.9 Å². The number of anilines is 1. The van der Waals surface area contributed by atoms with Gasteiger partial charge in [-0.3, -0.25) is 19.3 Å². The van der Waals surface area contributed by atoms with E-state index in [0.717, 1.165) is 56.8 Å². The van der Waals surface area contributed by atoms with Crippen LogP contribution in [0.15, 0.2) is 53.2 Å². The van der Waals surface area contributed by atoms with E-state index in [-0.39, 0.29) is 17.6 Å². The summed E-state index contributed by atoms with van der Waals surface area (Å²) >= 11 is 5.45. The van der Waals surface area contributed by atoms with E-state index in [2.05, 4.69) is 14.8 Å². The number of fused-ring (bicyclic) bond motifs is 1. The number of hydrogen-bond donors (Lipinski definition) is 0. The molecule has 3 heterocycles. The van der Waals surface area contributed by atoms with Crippen LogP contribution in [0, 0.1) is 5.92 Å². The lowest BCUT2D eigenvalue weighted by Gasteiger charge is -2.36. The molecule has 0 spiro atoms. The van der Waals surface area contributed by atoms with Crippen molar-refractivity contribution in [2.24, 2.45) is 10.9 Å². The first-order valence-electron chi connectivity index (χ1n) is 14.2. The van der Waals surface area contributed by atoms with E-state index in [4.69, 9.17) is 17.0 Å². The lowest BCUT2D eigenvalue weighted by atomic mass is 9.93. The standard InChI is InChI=1S/C30H37N5O4S/c1-22(36)23-6-8-24(9-7-23)32-13-15-34(16-14-32)28(37)5-3-2-4-12-35-29(38)26-21-25(33-17-19-39-20-18-33)10-11-27(26)31-30(35)40/h6-11,21,26H,2-5,12-20H2,1H3. The highest BCUT2D eigenvalue weighted by Crippen LogP contribution is 2.25. The Morgan fingerprint density at radius 2 is 1.68 bits per heavy atom. The van der Waals surface area contributed by atoms with E-state index >= 15 is 0 Å². The lowest BCUT2D eigenvalue weighted by molar-refractivity contribution is -0.132. The molecule has 1 atom stereocenters. The van der Waals surface area contributed by atoms with E-state index < -0.39 is 5.92 Å². The summed E-state index contributed by atoms with van der Waals surface area (Å²) < 4.78 is 5.45. The summed E-state index contributed by atoms with van der Waals surface area (Å²) in [7, 11) is 0. The number of carbonyl (C=O) groups excluding carboxylic acids is 3. The number of ketones is 1. The number of thiocarbonyl (C=S) groups is 1. The van der Waals surface area contributed by atoms with E-state index in [1.165, 1.54) is 0 Å². The minimum Gasteiger partial charge on any atom is -0.378 e. The number of Topliss-reactive ketones (excluding diaryl/α,β-unsaturated/α-hetero) is 1. The molecule has 9 nitrogen and oxygen atoms in total. The summed E-state index contributed by atoms with van der Waals surface area (Å²) in [6.07, 6.45) is 8.83. The van der Waals surface area contributed by atoms with Crippen LogP contribution in [0.3, 0.4) is 0 Å². The van der Waals surface area contributed by atoms with Crippen molar-refractivity contribution in [1.29, 1.82) is 0 Å². The van der Waals surface area contributed by atoms with E-state index in [9.17, 15) is 14.4 Å². The fourth-order valence-electron chi connectivity index (χ4n) is 5.56. The largest absolute Gasteiger partial charge is 0.378 e. The fourth-order valence-corrected chi connectivity index (χ4v) is 5.85. The highest BCUT2D eigenvalue weighted by Gasteiger charge is 2.35. The lowest BCUT2D eigenvalue weighted by Crippen LogP contribution is -2.48. The molecule has 0 bridgehead atoms. The number of amides is 2. The van der Waals surface area contributed by atoms with Gasteiger partial charge in [0, 0.05) is 69.2 Å².